The van der Waals surface area contributed by atoms with Crippen LogP contribution in [0.25, 0.3) is 0 Å². The average molecular weight is 264 g/mol. The van der Waals surface area contributed by atoms with Crippen LogP contribution in [-0.2, 0) is 11.3 Å². The van der Waals surface area contributed by atoms with E-state index >= 15 is 0 Å². The van der Waals surface area contributed by atoms with Crippen LogP contribution in [0.5, 0.6) is 0 Å². The van der Waals surface area contributed by atoms with Crippen molar-refractivity contribution in [3.63, 3.8) is 0 Å². The molecule has 0 unspecified atom stereocenters. The number of nitrogens with zero attached hydrogens (tertiary/aromatic N) is 3. The van der Waals surface area contributed by atoms with Gasteiger partial charge in [-0.25, -0.2) is 9.48 Å². The third-order valence-corrected chi connectivity index (χ3v) is 3.43. The minimum atomic E-state index is -1.05. The molecule has 1 aromatic heterocycles. The second-order valence-corrected chi connectivity index (χ2v) is 5.22. The smallest absolute Gasteiger partial charge is 0.358 e. The third kappa shape index (κ3) is 2.74. The zero-order chi connectivity index (χ0) is 13.4. The molecule has 2 fully saturated rings. The number of rotatable bonds is 6. The summed E-state index contributed by atoms with van der Waals surface area (Å²) in [5.74, 6) is -0.806. The Bertz CT molecular complexity index is 517. The van der Waals surface area contributed by atoms with Crippen molar-refractivity contribution < 1.29 is 14.7 Å². The Kier molecular flexibility index (Phi) is 2.96. The molecule has 2 N–H and O–H groups in total. The van der Waals surface area contributed by atoms with Crippen LogP contribution in [0.4, 0.5) is 0 Å². The highest BCUT2D eigenvalue weighted by atomic mass is 16.4. The monoisotopic (exact) mass is 264 g/mol. The van der Waals surface area contributed by atoms with E-state index in [4.69, 9.17) is 5.11 Å². The molecule has 7 heteroatoms. The number of aromatic nitrogens is 3. The lowest BCUT2D eigenvalue weighted by Crippen LogP contribution is -2.26. The molecule has 0 bridgehead atoms. The summed E-state index contributed by atoms with van der Waals surface area (Å²) in [4.78, 5) is 22.7. The summed E-state index contributed by atoms with van der Waals surface area (Å²) in [5, 5.41) is 19.5. The minimum Gasteiger partial charge on any atom is -0.476 e. The van der Waals surface area contributed by atoms with E-state index in [0.717, 1.165) is 25.7 Å². The van der Waals surface area contributed by atoms with Crippen molar-refractivity contribution in [3.8, 4) is 0 Å². The Balaban J connectivity index is 1.66. The van der Waals surface area contributed by atoms with Gasteiger partial charge in [0.25, 0.3) is 0 Å². The lowest BCUT2D eigenvalue weighted by molar-refractivity contribution is -0.121. The number of aromatic carboxylic acids is 1. The zero-order valence-electron chi connectivity index (χ0n) is 10.5. The van der Waals surface area contributed by atoms with Gasteiger partial charge in [0, 0.05) is 18.4 Å². The summed E-state index contributed by atoms with van der Waals surface area (Å²) in [6, 6.07) is 0.348. The summed E-state index contributed by atoms with van der Waals surface area (Å²) in [7, 11) is 0. The zero-order valence-corrected chi connectivity index (χ0v) is 10.5. The van der Waals surface area contributed by atoms with Crippen molar-refractivity contribution in [2.24, 2.45) is 0 Å². The largest absolute Gasteiger partial charge is 0.476 e. The molecule has 102 valence electrons. The van der Waals surface area contributed by atoms with Crippen molar-refractivity contribution in [3.05, 3.63) is 11.4 Å². The standard InChI is InChI=1S/C12H16N4O3/c17-9(13-8-3-4-8)5-6-16-11(7-1-2-7)10(12(18)19)14-15-16/h7-8H,1-6H2,(H,13,17)(H,18,19). The first-order chi connectivity index (χ1) is 9.15. The Morgan fingerprint density at radius 3 is 2.63 bits per heavy atom. The van der Waals surface area contributed by atoms with Crippen molar-refractivity contribution >= 4 is 11.9 Å². The van der Waals surface area contributed by atoms with Gasteiger partial charge in [-0.15, -0.1) is 5.10 Å². The molecule has 0 aliphatic heterocycles. The van der Waals surface area contributed by atoms with E-state index < -0.39 is 5.97 Å². The van der Waals surface area contributed by atoms with Crippen LogP contribution in [0.15, 0.2) is 0 Å². The lowest BCUT2D eigenvalue weighted by Gasteiger charge is -2.06. The van der Waals surface area contributed by atoms with E-state index in [1.165, 1.54) is 0 Å². The summed E-state index contributed by atoms with van der Waals surface area (Å²) < 4.78 is 1.58. The summed E-state index contributed by atoms with van der Waals surface area (Å²) in [6.45, 7) is 0.394. The molecule has 2 aliphatic carbocycles. The first kappa shape index (κ1) is 12.1. The van der Waals surface area contributed by atoms with E-state index in [1.54, 1.807) is 4.68 Å². The Morgan fingerprint density at radius 2 is 2.05 bits per heavy atom. The number of hydrogen-bond acceptors (Lipinski definition) is 4. The fraction of sp³-hybridized carbons (Fsp3) is 0.667. The summed E-state index contributed by atoms with van der Waals surface area (Å²) in [6.07, 6.45) is 4.39. The van der Waals surface area contributed by atoms with E-state index in [9.17, 15) is 9.59 Å². The van der Waals surface area contributed by atoms with Gasteiger partial charge in [0.1, 0.15) is 0 Å². The normalized spacial score (nSPS) is 18.3. The quantitative estimate of drug-likeness (QED) is 0.780. The van der Waals surface area contributed by atoms with E-state index in [-0.39, 0.29) is 17.5 Å². The first-order valence-corrected chi connectivity index (χ1v) is 6.61. The van der Waals surface area contributed by atoms with Crippen LogP contribution in [0.3, 0.4) is 0 Å². The molecule has 2 aliphatic rings. The van der Waals surface area contributed by atoms with Gasteiger partial charge < -0.3 is 10.4 Å². The van der Waals surface area contributed by atoms with Gasteiger partial charge in [-0.3, -0.25) is 4.79 Å². The lowest BCUT2D eigenvalue weighted by atomic mass is 10.2. The molecular formula is C12H16N4O3. The maximum absolute atomic E-state index is 11.6. The van der Waals surface area contributed by atoms with Gasteiger partial charge in [-0.2, -0.15) is 0 Å². The molecule has 0 radical (unpaired) electrons. The van der Waals surface area contributed by atoms with Crippen LogP contribution in [0, 0.1) is 0 Å². The molecule has 3 rings (SSSR count). The average Bonchev–Trinajstić information content (AvgIpc) is 3.27. The van der Waals surface area contributed by atoms with Crippen LogP contribution in [0.1, 0.15) is 54.2 Å². The molecule has 1 amide bonds. The Hall–Kier alpha value is -1.92. The first-order valence-electron chi connectivity index (χ1n) is 6.61. The Labute approximate surface area is 110 Å². The molecule has 0 aromatic carbocycles. The highest BCUT2D eigenvalue weighted by molar-refractivity contribution is 5.86. The molecule has 1 aromatic rings. The van der Waals surface area contributed by atoms with Gasteiger partial charge in [0.05, 0.1) is 12.2 Å². The van der Waals surface area contributed by atoms with Crippen molar-refractivity contribution in [2.45, 2.75) is 50.6 Å². The molecule has 7 nitrogen and oxygen atoms in total. The van der Waals surface area contributed by atoms with Crippen molar-refractivity contribution in [2.75, 3.05) is 0 Å². The number of hydrogen-bond donors (Lipinski definition) is 2. The second kappa shape index (κ2) is 4.64. The van der Waals surface area contributed by atoms with Gasteiger partial charge in [0.15, 0.2) is 5.69 Å². The third-order valence-electron chi connectivity index (χ3n) is 3.43. The predicted octanol–water partition coefficient (Wildman–Crippen LogP) is 0.522. The molecule has 1 heterocycles. The molecule has 2 saturated carbocycles. The van der Waals surface area contributed by atoms with Crippen molar-refractivity contribution in [1.82, 2.24) is 20.3 Å². The topological polar surface area (TPSA) is 97.1 Å². The number of carbonyl (C=O) groups excluding carboxylic acids is 1. The molecule has 0 saturated heterocycles. The highest BCUT2D eigenvalue weighted by Gasteiger charge is 2.33. The van der Waals surface area contributed by atoms with Crippen LogP contribution < -0.4 is 5.32 Å². The summed E-state index contributed by atoms with van der Waals surface area (Å²) >= 11 is 0. The van der Waals surface area contributed by atoms with Gasteiger partial charge in [-0.05, 0) is 25.7 Å². The van der Waals surface area contributed by atoms with Crippen LogP contribution >= 0.6 is 0 Å². The maximum atomic E-state index is 11.6. The van der Waals surface area contributed by atoms with Crippen molar-refractivity contribution in [1.29, 1.82) is 0 Å². The number of carboxylic acid groups (broad SMARTS) is 1. The second-order valence-electron chi connectivity index (χ2n) is 5.22. The maximum Gasteiger partial charge on any atom is 0.358 e. The van der Waals surface area contributed by atoms with Crippen LogP contribution in [0.2, 0.25) is 0 Å². The van der Waals surface area contributed by atoms with E-state index in [1.807, 2.05) is 0 Å². The predicted molar refractivity (Wildman–Crippen MR) is 64.7 cm³/mol. The summed E-state index contributed by atoms with van der Waals surface area (Å²) in [5.41, 5.74) is 0.705. The molecule has 0 spiro atoms. The number of nitrogens with one attached hydrogen (secondary N) is 1. The molecular weight excluding hydrogens is 248 g/mol. The number of aryl methyl sites for hydroxylation is 1. The van der Waals surface area contributed by atoms with Gasteiger partial charge in [0.2, 0.25) is 5.91 Å². The Morgan fingerprint density at radius 1 is 1.32 bits per heavy atom. The fourth-order valence-corrected chi connectivity index (χ4v) is 2.13. The molecule has 0 atom stereocenters. The van der Waals surface area contributed by atoms with Gasteiger partial charge in [-0.1, -0.05) is 5.21 Å². The van der Waals surface area contributed by atoms with E-state index in [0.29, 0.717) is 24.7 Å². The van der Waals surface area contributed by atoms with Crippen LogP contribution in [-0.4, -0.2) is 38.0 Å². The highest BCUT2D eigenvalue weighted by Crippen LogP contribution is 2.41. The fourth-order valence-electron chi connectivity index (χ4n) is 2.13. The van der Waals surface area contributed by atoms with E-state index in [2.05, 4.69) is 15.6 Å². The number of amides is 1. The number of carbonyl (C=O) groups is 2. The minimum absolute atomic E-state index is 0.00313. The van der Waals surface area contributed by atoms with Gasteiger partial charge >= 0.3 is 5.97 Å². The molecule has 19 heavy (non-hydrogen) atoms. The SMILES string of the molecule is O=C(CCn1nnc(C(=O)O)c1C1CC1)NC1CC1. The number of carboxylic acids is 1.